The van der Waals surface area contributed by atoms with Crippen molar-refractivity contribution in [3.8, 4) is 6.07 Å². The van der Waals surface area contributed by atoms with Gasteiger partial charge in [-0.3, -0.25) is 4.79 Å². The molecule has 0 aliphatic carbocycles. The molecule has 4 nitrogen and oxygen atoms in total. The Kier molecular flexibility index (Phi) is 4.53. The summed E-state index contributed by atoms with van der Waals surface area (Å²) in [6.45, 7) is 4.34. The van der Waals surface area contributed by atoms with Gasteiger partial charge >= 0.3 is 5.97 Å². The maximum Gasteiger partial charge on any atom is 0.303 e. The SMILES string of the molecule is Cc1ccc(NCC(C)CC(=O)O)c(C#N)c1. The van der Waals surface area contributed by atoms with Gasteiger partial charge in [0.05, 0.1) is 11.3 Å². The number of aryl methyl sites for hydroxylation is 1. The third-order valence-corrected chi connectivity index (χ3v) is 2.46. The molecule has 0 spiro atoms. The Hall–Kier alpha value is -2.02. The minimum Gasteiger partial charge on any atom is -0.481 e. The van der Waals surface area contributed by atoms with E-state index in [0.717, 1.165) is 11.3 Å². The molecule has 1 atom stereocenters. The van der Waals surface area contributed by atoms with Crippen LogP contribution in [0.3, 0.4) is 0 Å². The fraction of sp³-hybridized carbons (Fsp3) is 0.385. The lowest BCUT2D eigenvalue weighted by atomic mass is 10.1. The summed E-state index contributed by atoms with van der Waals surface area (Å²) in [6.07, 6.45) is 0.126. The molecule has 0 fully saturated rings. The van der Waals surface area contributed by atoms with Gasteiger partial charge in [-0.25, -0.2) is 0 Å². The molecule has 1 rings (SSSR count). The normalized spacial score (nSPS) is 11.6. The Balaban J connectivity index is 2.63. The van der Waals surface area contributed by atoms with Crippen LogP contribution in [0.1, 0.15) is 24.5 Å². The zero-order valence-electron chi connectivity index (χ0n) is 10.0. The van der Waals surface area contributed by atoms with E-state index < -0.39 is 5.97 Å². The highest BCUT2D eigenvalue weighted by molar-refractivity contribution is 5.67. The van der Waals surface area contributed by atoms with E-state index in [2.05, 4.69) is 11.4 Å². The summed E-state index contributed by atoms with van der Waals surface area (Å²) in [4.78, 5) is 10.5. The first-order valence-electron chi connectivity index (χ1n) is 5.49. The van der Waals surface area contributed by atoms with Crippen LogP contribution in [0.5, 0.6) is 0 Å². The quantitative estimate of drug-likeness (QED) is 0.817. The van der Waals surface area contributed by atoms with Crippen molar-refractivity contribution in [2.24, 2.45) is 5.92 Å². The Morgan fingerprint density at radius 2 is 2.29 bits per heavy atom. The molecule has 1 aromatic rings. The summed E-state index contributed by atoms with van der Waals surface area (Å²) < 4.78 is 0. The minimum atomic E-state index is -0.802. The van der Waals surface area contributed by atoms with E-state index in [-0.39, 0.29) is 12.3 Å². The average molecular weight is 232 g/mol. The van der Waals surface area contributed by atoms with Crippen LogP contribution in [-0.2, 0) is 4.79 Å². The molecule has 0 aliphatic heterocycles. The van der Waals surface area contributed by atoms with Gasteiger partial charge in [0.25, 0.3) is 0 Å². The predicted molar refractivity (Wildman–Crippen MR) is 65.8 cm³/mol. The van der Waals surface area contributed by atoms with E-state index >= 15 is 0 Å². The van der Waals surface area contributed by atoms with Gasteiger partial charge in [-0.15, -0.1) is 0 Å². The smallest absolute Gasteiger partial charge is 0.303 e. The van der Waals surface area contributed by atoms with Crippen LogP contribution in [0, 0.1) is 24.2 Å². The van der Waals surface area contributed by atoms with Gasteiger partial charge in [0.1, 0.15) is 6.07 Å². The molecule has 2 N–H and O–H groups in total. The number of aliphatic carboxylic acids is 1. The highest BCUT2D eigenvalue weighted by Crippen LogP contribution is 2.17. The number of nitrogens with zero attached hydrogens (tertiary/aromatic N) is 1. The largest absolute Gasteiger partial charge is 0.481 e. The van der Waals surface area contributed by atoms with E-state index in [1.165, 1.54) is 0 Å². The fourth-order valence-electron chi connectivity index (χ4n) is 1.56. The standard InChI is InChI=1S/C13H16N2O2/c1-9-3-4-12(11(5-9)7-14)15-8-10(2)6-13(16)17/h3-5,10,15H,6,8H2,1-2H3,(H,16,17). The lowest BCUT2D eigenvalue weighted by Gasteiger charge is -2.12. The summed E-state index contributed by atoms with van der Waals surface area (Å²) in [5.74, 6) is -0.774. The van der Waals surface area contributed by atoms with Gasteiger partial charge in [0, 0.05) is 13.0 Å². The topological polar surface area (TPSA) is 73.1 Å². The number of rotatable bonds is 5. The molecular formula is C13H16N2O2. The first-order valence-corrected chi connectivity index (χ1v) is 5.49. The van der Waals surface area contributed by atoms with E-state index in [4.69, 9.17) is 10.4 Å². The highest BCUT2D eigenvalue weighted by atomic mass is 16.4. The van der Waals surface area contributed by atoms with Crippen molar-refractivity contribution in [3.05, 3.63) is 29.3 Å². The monoisotopic (exact) mass is 232 g/mol. The number of hydrogen-bond acceptors (Lipinski definition) is 3. The summed E-state index contributed by atoms with van der Waals surface area (Å²) >= 11 is 0. The highest BCUT2D eigenvalue weighted by Gasteiger charge is 2.08. The first kappa shape index (κ1) is 13.0. The minimum absolute atomic E-state index is 0.0281. The molecule has 0 saturated heterocycles. The molecule has 0 aromatic heterocycles. The Morgan fingerprint density at radius 3 is 2.88 bits per heavy atom. The van der Waals surface area contributed by atoms with Crippen LogP contribution in [0.25, 0.3) is 0 Å². The van der Waals surface area contributed by atoms with E-state index in [9.17, 15) is 4.79 Å². The van der Waals surface area contributed by atoms with Gasteiger partial charge in [-0.2, -0.15) is 5.26 Å². The van der Waals surface area contributed by atoms with Gasteiger partial charge in [-0.05, 0) is 30.5 Å². The molecule has 4 heteroatoms. The summed E-state index contributed by atoms with van der Waals surface area (Å²) in [5.41, 5.74) is 2.38. The molecule has 1 unspecified atom stereocenters. The summed E-state index contributed by atoms with van der Waals surface area (Å²) in [5, 5.41) is 20.7. The van der Waals surface area contributed by atoms with Gasteiger partial charge in [0.2, 0.25) is 0 Å². The molecule has 1 aromatic carbocycles. The molecule has 0 amide bonds. The Morgan fingerprint density at radius 1 is 1.59 bits per heavy atom. The van der Waals surface area contributed by atoms with E-state index in [0.29, 0.717) is 12.1 Å². The fourth-order valence-corrected chi connectivity index (χ4v) is 1.56. The molecular weight excluding hydrogens is 216 g/mol. The lowest BCUT2D eigenvalue weighted by molar-refractivity contribution is -0.137. The third kappa shape index (κ3) is 4.15. The van der Waals surface area contributed by atoms with Crippen molar-refractivity contribution in [2.75, 3.05) is 11.9 Å². The molecule has 0 bridgehead atoms. The summed E-state index contributed by atoms with van der Waals surface area (Å²) in [6, 6.07) is 7.70. The van der Waals surface area contributed by atoms with Crippen LogP contribution in [0.4, 0.5) is 5.69 Å². The lowest BCUT2D eigenvalue weighted by Crippen LogP contribution is -2.15. The molecule has 0 radical (unpaired) electrons. The second-order valence-electron chi connectivity index (χ2n) is 4.24. The third-order valence-electron chi connectivity index (χ3n) is 2.46. The number of carboxylic acids is 1. The maximum absolute atomic E-state index is 10.5. The molecule has 0 aliphatic rings. The van der Waals surface area contributed by atoms with Crippen LogP contribution in [0.2, 0.25) is 0 Å². The van der Waals surface area contributed by atoms with Crippen LogP contribution >= 0.6 is 0 Å². The Bertz CT molecular complexity index is 449. The number of benzene rings is 1. The zero-order valence-corrected chi connectivity index (χ0v) is 10.0. The number of hydrogen-bond donors (Lipinski definition) is 2. The predicted octanol–water partition coefficient (Wildman–Crippen LogP) is 2.39. The second kappa shape index (κ2) is 5.90. The van der Waals surface area contributed by atoms with Crippen molar-refractivity contribution in [1.29, 1.82) is 5.26 Å². The van der Waals surface area contributed by atoms with Gasteiger partial charge in [-0.1, -0.05) is 13.0 Å². The van der Waals surface area contributed by atoms with Gasteiger partial charge < -0.3 is 10.4 Å². The number of nitriles is 1. The van der Waals surface area contributed by atoms with E-state index in [1.807, 2.05) is 32.0 Å². The number of nitrogens with one attached hydrogen (secondary N) is 1. The second-order valence-corrected chi connectivity index (χ2v) is 4.24. The van der Waals surface area contributed by atoms with E-state index in [1.54, 1.807) is 0 Å². The molecule has 0 saturated carbocycles. The van der Waals surface area contributed by atoms with Crippen LogP contribution in [-0.4, -0.2) is 17.6 Å². The Labute approximate surface area is 101 Å². The number of carbonyl (C=O) groups is 1. The maximum atomic E-state index is 10.5. The number of carboxylic acid groups (broad SMARTS) is 1. The van der Waals surface area contributed by atoms with Crippen LogP contribution in [0.15, 0.2) is 18.2 Å². The van der Waals surface area contributed by atoms with Crippen molar-refractivity contribution in [2.45, 2.75) is 20.3 Å². The van der Waals surface area contributed by atoms with Crippen molar-refractivity contribution in [1.82, 2.24) is 0 Å². The van der Waals surface area contributed by atoms with Crippen molar-refractivity contribution in [3.63, 3.8) is 0 Å². The average Bonchev–Trinajstić information content (AvgIpc) is 2.26. The zero-order chi connectivity index (χ0) is 12.8. The van der Waals surface area contributed by atoms with Crippen molar-refractivity contribution < 1.29 is 9.90 Å². The van der Waals surface area contributed by atoms with Crippen molar-refractivity contribution >= 4 is 11.7 Å². The number of anilines is 1. The summed E-state index contributed by atoms with van der Waals surface area (Å²) in [7, 11) is 0. The molecule has 90 valence electrons. The molecule has 17 heavy (non-hydrogen) atoms. The van der Waals surface area contributed by atoms with Gasteiger partial charge in [0.15, 0.2) is 0 Å². The van der Waals surface area contributed by atoms with Crippen LogP contribution < -0.4 is 5.32 Å². The first-order chi connectivity index (χ1) is 8.02. The molecule has 0 heterocycles.